The summed E-state index contributed by atoms with van der Waals surface area (Å²) in [6.07, 6.45) is 1.86. The van der Waals surface area contributed by atoms with E-state index in [1.165, 1.54) is 16.7 Å². The molecule has 3 aliphatic rings. The molecule has 0 saturated carbocycles. The topological polar surface area (TPSA) is 53.7 Å². The smallest absolute Gasteiger partial charge is 0.137 e. The molecule has 0 bridgehead atoms. The van der Waals surface area contributed by atoms with Crippen molar-refractivity contribution in [2.45, 2.75) is 18.3 Å². The lowest BCUT2D eigenvalue weighted by Crippen LogP contribution is -2.52. The number of nitrogens with two attached hydrogens (primary N) is 1. The minimum atomic E-state index is -0.0765. The van der Waals surface area contributed by atoms with Gasteiger partial charge in [-0.25, -0.2) is 0 Å². The molecule has 0 spiro atoms. The quantitative estimate of drug-likeness (QED) is 0.896. The first kappa shape index (κ1) is 12.0. The summed E-state index contributed by atoms with van der Waals surface area (Å²) in [7, 11) is 0. The van der Waals surface area contributed by atoms with Crippen LogP contribution in [-0.4, -0.2) is 33.0 Å². The van der Waals surface area contributed by atoms with Gasteiger partial charge in [-0.15, -0.1) is 0 Å². The fourth-order valence-electron chi connectivity index (χ4n) is 3.33. The molecule has 0 aromatic heterocycles. The van der Waals surface area contributed by atoms with Gasteiger partial charge in [0.2, 0.25) is 0 Å². The van der Waals surface area contributed by atoms with Crippen LogP contribution in [-0.2, 0) is 23.0 Å². The van der Waals surface area contributed by atoms with Crippen molar-refractivity contribution in [3.63, 3.8) is 0 Å². The molecule has 0 radical (unpaired) electrons. The van der Waals surface area contributed by atoms with Gasteiger partial charge in [0.25, 0.3) is 0 Å². The summed E-state index contributed by atoms with van der Waals surface area (Å²) in [6, 6.07) is 0. The van der Waals surface area contributed by atoms with E-state index < -0.39 is 0 Å². The third-order valence-electron chi connectivity index (χ3n) is 4.42. The molecular formula is C14H16BrNO3. The molecule has 0 aliphatic carbocycles. The zero-order valence-corrected chi connectivity index (χ0v) is 12.2. The zero-order chi connectivity index (χ0) is 13.0. The van der Waals surface area contributed by atoms with Crippen LogP contribution in [0.3, 0.4) is 0 Å². The van der Waals surface area contributed by atoms with E-state index in [2.05, 4.69) is 15.9 Å². The molecule has 5 heteroatoms. The summed E-state index contributed by atoms with van der Waals surface area (Å²) in [5, 5.41) is 0. The third kappa shape index (κ3) is 1.46. The van der Waals surface area contributed by atoms with Crippen molar-refractivity contribution >= 4 is 15.9 Å². The van der Waals surface area contributed by atoms with Crippen LogP contribution >= 0.6 is 15.9 Å². The second-order valence-electron chi connectivity index (χ2n) is 5.48. The van der Waals surface area contributed by atoms with E-state index in [0.717, 1.165) is 42.0 Å². The molecule has 4 nitrogen and oxygen atoms in total. The molecule has 0 amide bonds. The molecule has 1 aromatic carbocycles. The summed E-state index contributed by atoms with van der Waals surface area (Å²) in [4.78, 5) is 0. The van der Waals surface area contributed by atoms with Crippen LogP contribution in [0.25, 0.3) is 0 Å². The Morgan fingerprint density at radius 1 is 1.05 bits per heavy atom. The van der Waals surface area contributed by atoms with Gasteiger partial charge in [0.15, 0.2) is 0 Å². The number of hydrogen-bond donors (Lipinski definition) is 1. The van der Waals surface area contributed by atoms with Crippen LogP contribution in [0.5, 0.6) is 11.5 Å². The van der Waals surface area contributed by atoms with E-state index in [0.29, 0.717) is 19.8 Å². The van der Waals surface area contributed by atoms with Gasteiger partial charge in [0, 0.05) is 36.1 Å². The Morgan fingerprint density at radius 2 is 1.74 bits per heavy atom. The molecule has 3 heterocycles. The van der Waals surface area contributed by atoms with Gasteiger partial charge in [0.1, 0.15) is 11.5 Å². The van der Waals surface area contributed by atoms with E-state index >= 15 is 0 Å². The minimum Gasteiger partial charge on any atom is -0.493 e. The van der Waals surface area contributed by atoms with Gasteiger partial charge in [-0.3, -0.25) is 0 Å². The van der Waals surface area contributed by atoms with Gasteiger partial charge in [-0.1, -0.05) is 0 Å². The SMILES string of the molecule is NCC1(c2c3c(c(Br)c4c2OCC4)OCC3)COC1. The van der Waals surface area contributed by atoms with Crippen molar-refractivity contribution in [3.8, 4) is 11.5 Å². The maximum absolute atomic E-state index is 6.04. The Bertz CT molecular complexity index is 514. The summed E-state index contributed by atoms with van der Waals surface area (Å²) < 4.78 is 18.3. The highest BCUT2D eigenvalue weighted by atomic mass is 79.9. The highest BCUT2D eigenvalue weighted by Gasteiger charge is 2.46. The molecule has 1 fully saturated rings. The Hall–Kier alpha value is -0.780. The normalized spacial score (nSPS) is 22.2. The van der Waals surface area contributed by atoms with E-state index in [-0.39, 0.29) is 5.41 Å². The Balaban J connectivity index is 2.00. The second-order valence-corrected chi connectivity index (χ2v) is 6.27. The van der Waals surface area contributed by atoms with Gasteiger partial charge in [-0.2, -0.15) is 0 Å². The number of rotatable bonds is 2. The van der Waals surface area contributed by atoms with Crippen LogP contribution < -0.4 is 15.2 Å². The molecule has 0 atom stereocenters. The second kappa shape index (κ2) is 4.11. The third-order valence-corrected chi connectivity index (χ3v) is 5.25. The molecule has 0 unspecified atom stereocenters. The van der Waals surface area contributed by atoms with Crippen LogP contribution in [0.4, 0.5) is 0 Å². The Kier molecular flexibility index (Phi) is 2.59. The predicted octanol–water partition coefficient (Wildman–Crippen LogP) is 1.55. The van der Waals surface area contributed by atoms with Crippen molar-refractivity contribution < 1.29 is 14.2 Å². The minimum absolute atomic E-state index is 0.0765. The van der Waals surface area contributed by atoms with E-state index in [1.54, 1.807) is 0 Å². The van der Waals surface area contributed by atoms with Crippen LogP contribution in [0.1, 0.15) is 16.7 Å². The average Bonchev–Trinajstić information content (AvgIpc) is 3.01. The van der Waals surface area contributed by atoms with Crippen LogP contribution in [0.15, 0.2) is 4.47 Å². The van der Waals surface area contributed by atoms with Crippen molar-refractivity contribution in [3.05, 3.63) is 21.2 Å². The largest absolute Gasteiger partial charge is 0.493 e. The zero-order valence-electron chi connectivity index (χ0n) is 10.6. The molecular weight excluding hydrogens is 310 g/mol. The van der Waals surface area contributed by atoms with Crippen molar-refractivity contribution in [2.24, 2.45) is 5.73 Å². The lowest BCUT2D eigenvalue weighted by atomic mass is 9.74. The van der Waals surface area contributed by atoms with E-state index in [9.17, 15) is 0 Å². The van der Waals surface area contributed by atoms with E-state index in [1.807, 2.05) is 0 Å². The first-order valence-electron chi connectivity index (χ1n) is 6.68. The lowest BCUT2D eigenvalue weighted by molar-refractivity contribution is -0.0563. The maximum atomic E-state index is 6.04. The molecule has 3 aliphatic heterocycles. The lowest BCUT2D eigenvalue weighted by Gasteiger charge is -2.42. The Labute approximate surface area is 120 Å². The molecule has 1 saturated heterocycles. The van der Waals surface area contributed by atoms with Gasteiger partial charge in [0.05, 0.1) is 36.3 Å². The monoisotopic (exact) mass is 325 g/mol. The average molecular weight is 326 g/mol. The number of hydrogen-bond acceptors (Lipinski definition) is 4. The summed E-state index contributed by atoms with van der Waals surface area (Å²) in [6.45, 7) is 3.45. The molecule has 19 heavy (non-hydrogen) atoms. The van der Waals surface area contributed by atoms with Crippen molar-refractivity contribution in [1.29, 1.82) is 0 Å². The predicted molar refractivity (Wildman–Crippen MR) is 74.1 cm³/mol. The van der Waals surface area contributed by atoms with Crippen molar-refractivity contribution in [2.75, 3.05) is 33.0 Å². The number of benzene rings is 1. The first-order chi connectivity index (χ1) is 9.27. The first-order valence-corrected chi connectivity index (χ1v) is 7.47. The number of ether oxygens (including phenoxy) is 3. The highest BCUT2D eigenvalue weighted by molar-refractivity contribution is 9.10. The van der Waals surface area contributed by atoms with Gasteiger partial charge >= 0.3 is 0 Å². The fourth-order valence-corrected chi connectivity index (χ4v) is 4.06. The molecule has 4 rings (SSSR count). The molecule has 1 aromatic rings. The molecule has 2 N–H and O–H groups in total. The summed E-state index contributed by atoms with van der Waals surface area (Å²) in [5.74, 6) is 2.03. The van der Waals surface area contributed by atoms with Gasteiger partial charge in [-0.05, 0) is 15.9 Å². The molecule has 102 valence electrons. The Morgan fingerprint density at radius 3 is 2.37 bits per heavy atom. The maximum Gasteiger partial charge on any atom is 0.137 e. The number of halogens is 1. The van der Waals surface area contributed by atoms with Crippen LogP contribution in [0, 0.1) is 0 Å². The van der Waals surface area contributed by atoms with Gasteiger partial charge < -0.3 is 19.9 Å². The fraction of sp³-hybridized carbons (Fsp3) is 0.571. The summed E-state index contributed by atoms with van der Waals surface area (Å²) >= 11 is 3.68. The van der Waals surface area contributed by atoms with Crippen LogP contribution in [0.2, 0.25) is 0 Å². The summed E-state index contributed by atoms with van der Waals surface area (Å²) in [5.41, 5.74) is 9.71. The highest BCUT2D eigenvalue weighted by Crippen LogP contribution is 2.52. The van der Waals surface area contributed by atoms with E-state index in [4.69, 9.17) is 19.9 Å². The standard InChI is InChI=1S/C14H16BrNO3/c15-11-9-2-4-18-12(9)10(8-1-3-19-13(8)11)14(5-16)6-17-7-14/h1-7,16H2. The number of fused-ring (bicyclic) bond motifs is 2. The van der Waals surface area contributed by atoms with Crippen molar-refractivity contribution in [1.82, 2.24) is 0 Å².